The van der Waals surface area contributed by atoms with Crippen LogP contribution in [0.4, 0.5) is 8.78 Å². The molecule has 0 amide bonds. The molecule has 1 unspecified atom stereocenters. The van der Waals surface area contributed by atoms with Crippen LogP contribution in [0.3, 0.4) is 0 Å². The monoisotopic (exact) mass is 285 g/mol. The Hall–Kier alpha value is -1.04. The molecule has 1 saturated heterocycles. The van der Waals surface area contributed by atoms with Gasteiger partial charge in [-0.05, 0) is 18.7 Å². The van der Waals surface area contributed by atoms with E-state index in [4.69, 9.17) is 9.47 Å². The summed E-state index contributed by atoms with van der Waals surface area (Å²) in [6, 6.07) is 3.42. The number of rotatable bonds is 5. The van der Waals surface area contributed by atoms with Crippen molar-refractivity contribution in [2.24, 2.45) is 0 Å². The maximum atomic E-state index is 14.1. The van der Waals surface area contributed by atoms with Gasteiger partial charge in [-0.1, -0.05) is 13.0 Å². The molecule has 1 aromatic carbocycles. The molecule has 0 spiro atoms. The molecule has 0 saturated carbocycles. The second kappa shape index (κ2) is 6.61. The SMILES string of the molecule is CCNC(c1c(F)cccc1F)C1(OC)CCOCC1. The van der Waals surface area contributed by atoms with Gasteiger partial charge >= 0.3 is 0 Å². The fourth-order valence-electron chi connectivity index (χ4n) is 2.87. The van der Waals surface area contributed by atoms with E-state index in [0.29, 0.717) is 32.6 Å². The van der Waals surface area contributed by atoms with E-state index in [0.717, 1.165) is 0 Å². The molecular formula is C15H21F2NO2. The lowest BCUT2D eigenvalue weighted by Crippen LogP contribution is -2.49. The molecule has 0 bridgehead atoms. The first-order valence-corrected chi connectivity index (χ1v) is 6.95. The maximum absolute atomic E-state index is 14.1. The maximum Gasteiger partial charge on any atom is 0.131 e. The summed E-state index contributed by atoms with van der Waals surface area (Å²) in [5.41, 5.74) is -0.588. The van der Waals surface area contributed by atoms with Gasteiger partial charge in [-0.15, -0.1) is 0 Å². The number of halogens is 2. The molecule has 1 heterocycles. The number of hydrogen-bond acceptors (Lipinski definition) is 3. The van der Waals surface area contributed by atoms with Crippen LogP contribution in [-0.2, 0) is 9.47 Å². The Balaban J connectivity index is 2.44. The molecule has 5 heteroatoms. The van der Waals surface area contributed by atoms with E-state index in [1.807, 2.05) is 6.92 Å². The molecule has 1 atom stereocenters. The van der Waals surface area contributed by atoms with Crippen molar-refractivity contribution in [1.82, 2.24) is 5.32 Å². The van der Waals surface area contributed by atoms with E-state index < -0.39 is 23.3 Å². The number of nitrogens with one attached hydrogen (secondary N) is 1. The van der Waals surface area contributed by atoms with Crippen LogP contribution >= 0.6 is 0 Å². The quantitative estimate of drug-likeness (QED) is 0.902. The van der Waals surface area contributed by atoms with E-state index >= 15 is 0 Å². The Morgan fingerprint density at radius 1 is 1.30 bits per heavy atom. The first kappa shape index (κ1) is 15.4. The lowest BCUT2D eigenvalue weighted by Gasteiger charge is -2.43. The van der Waals surface area contributed by atoms with E-state index in [2.05, 4.69) is 5.32 Å². The molecule has 0 aliphatic carbocycles. The third-order valence-corrected chi connectivity index (χ3v) is 3.97. The van der Waals surface area contributed by atoms with Crippen LogP contribution in [0.25, 0.3) is 0 Å². The van der Waals surface area contributed by atoms with E-state index in [1.165, 1.54) is 18.2 Å². The zero-order chi connectivity index (χ0) is 14.6. The minimum atomic E-state index is -0.642. The van der Waals surface area contributed by atoms with E-state index in [9.17, 15) is 8.78 Å². The molecule has 0 aromatic heterocycles. The summed E-state index contributed by atoms with van der Waals surface area (Å²) in [6.07, 6.45) is 1.21. The predicted molar refractivity (Wildman–Crippen MR) is 72.6 cm³/mol. The summed E-state index contributed by atoms with van der Waals surface area (Å²) in [7, 11) is 1.59. The third kappa shape index (κ3) is 2.85. The number of hydrogen-bond donors (Lipinski definition) is 1. The first-order chi connectivity index (χ1) is 9.64. The molecule has 20 heavy (non-hydrogen) atoms. The second-order valence-corrected chi connectivity index (χ2v) is 5.01. The average Bonchev–Trinajstić information content (AvgIpc) is 2.47. The van der Waals surface area contributed by atoms with Gasteiger partial charge in [-0.2, -0.15) is 0 Å². The van der Waals surface area contributed by atoms with Crippen molar-refractivity contribution in [2.45, 2.75) is 31.4 Å². The van der Waals surface area contributed by atoms with Crippen molar-refractivity contribution in [3.63, 3.8) is 0 Å². The lowest BCUT2D eigenvalue weighted by molar-refractivity contribution is -0.112. The molecule has 112 valence electrons. The second-order valence-electron chi connectivity index (χ2n) is 5.01. The number of ether oxygens (including phenoxy) is 2. The zero-order valence-electron chi connectivity index (χ0n) is 11.9. The van der Waals surface area contributed by atoms with Crippen molar-refractivity contribution in [1.29, 1.82) is 0 Å². The largest absolute Gasteiger partial charge is 0.381 e. The van der Waals surface area contributed by atoms with Crippen molar-refractivity contribution >= 4 is 0 Å². The van der Waals surface area contributed by atoms with Gasteiger partial charge < -0.3 is 14.8 Å². The molecule has 3 nitrogen and oxygen atoms in total. The highest BCUT2D eigenvalue weighted by molar-refractivity contribution is 5.26. The molecule has 1 N–H and O–H groups in total. The minimum absolute atomic E-state index is 0.0538. The predicted octanol–water partition coefficient (Wildman–Crippen LogP) is 2.81. The third-order valence-electron chi connectivity index (χ3n) is 3.97. The van der Waals surface area contributed by atoms with Crippen LogP contribution in [0, 0.1) is 11.6 Å². The number of benzene rings is 1. The Kier molecular flexibility index (Phi) is 5.07. The van der Waals surface area contributed by atoms with E-state index in [1.54, 1.807) is 7.11 Å². The van der Waals surface area contributed by atoms with Crippen LogP contribution in [0.15, 0.2) is 18.2 Å². The molecule has 2 rings (SSSR count). The Bertz CT molecular complexity index is 427. The van der Waals surface area contributed by atoms with E-state index in [-0.39, 0.29) is 5.56 Å². The normalized spacial score (nSPS) is 19.8. The highest BCUT2D eigenvalue weighted by atomic mass is 19.1. The molecule has 1 aromatic rings. The van der Waals surface area contributed by atoms with Crippen molar-refractivity contribution in [3.8, 4) is 0 Å². The van der Waals surface area contributed by atoms with Gasteiger partial charge in [0.1, 0.15) is 11.6 Å². The molecule has 1 aliphatic heterocycles. The minimum Gasteiger partial charge on any atom is -0.381 e. The summed E-state index contributed by atoms with van der Waals surface area (Å²) in [5, 5.41) is 3.18. The van der Waals surface area contributed by atoms with Gasteiger partial charge in [0.15, 0.2) is 0 Å². The molecule has 0 radical (unpaired) electrons. The highest BCUT2D eigenvalue weighted by Crippen LogP contribution is 2.39. The molecular weight excluding hydrogens is 264 g/mol. The first-order valence-electron chi connectivity index (χ1n) is 6.95. The Labute approximate surface area is 118 Å². The summed E-state index contributed by atoms with van der Waals surface area (Å²) < 4.78 is 39.3. The van der Waals surface area contributed by atoms with Crippen LogP contribution in [0.5, 0.6) is 0 Å². The zero-order valence-corrected chi connectivity index (χ0v) is 11.9. The smallest absolute Gasteiger partial charge is 0.131 e. The Morgan fingerprint density at radius 2 is 1.90 bits per heavy atom. The van der Waals surface area contributed by atoms with Crippen LogP contribution in [-0.4, -0.2) is 32.5 Å². The van der Waals surface area contributed by atoms with Crippen LogP contribution in [0.2, 0.25) is 0 Å². The van der Waals surface area contributed by atoms with Gasteiger partial charge in [-0.25, -0.2) is 8.78 Å². The fraction of sp³-hybridized carbons (Fsp3) is 0.600. The fourth-order valence-corrected chi connectivity index (χ4v) is 2.87. The van der Waals surface area contributed by atoms with Gasteiger partial charge in [0.05, 0.1) is 11.6 Å². The van der Waals surface area contributed by atoms with Crippen molar-refractivity contribution < 1.29 is 18.3 Å². The van der Waals surface area contributed by atoms with Crippen molar-refractivity contribution in [2.75, 3.05) is 26.9 Å². The van der Waals surface area contributed by atoms with Crippen LogP contribution in [0.1, 0.15) is 31.4 Å². The number of likely N-dealkylation sites (N-methyl/N-ethyl adjacent to an activating group) is 1. The lowest BCUT2D eigenvalue weighted by atomic mass is 9.81. The number of methoxy groups -OCH3 is 1. The molecule has 1 fully saturated rings. The standard InChI is InChI=1S/C15H21F2NO2/c1-3-18-14(13-11(16)5-4-6-12(13)17)15(19-2)7-9-20-10-8-15/h4-6,14,18H,3,7-10H2,1-2H3. The molecule has 1 aliphatic rings. The van der Waals surface area contributed by atoms with Gasteiger partial charge in [-0.3, -0.25) is 0 Å². The Morgan fingerprint density at radius 3 is 2.40 bits per heavy atom. The van der Waals surface area contributed by atoms with Crippen molar-refractivity contribution in [3.05, 3.63) is 35.4 Å². The summed E-state index contributed by atoms with van der Waals surface area (Å²) >= 11 is 0. The summed E-state index contributed by atoms with van der Waals surface area (Å²) in [6.45, 7) is 3.58. The topological polar surface area (TPSA) is 30.5 Å². The summed E-state index contributed by atoms with van der Waals surface area (Å²) in [5.74, 6) is -1.09. The summed E-state index contributed by atoms with van der Waals surface area (Å²) in [4.78, 5) is 0. The van der Waals surface area contributed by atoms with Gasteiger partial charge in [0, 0.05) is 38.7 Å². The average molecular weight is 285 g/mol. The highest BCUT2D eigenvalue weighted by Gasteiger charge is 2.43. The van der Waals surface area contributed by atoms with Gasteiger partial charge in [0.25, 0.3) is 0 Å². The van der Waals surface area contributed by atoms with Gasteiger partial charge in [0.2, 0.25) is 0 Å². The van der Waals surface area contributed by atoms with Crippen LogP contribution < -0.4 is 5.32 Å².